The third-order valence-electron chi connectivity index (χ3n) is 3.40. The first-order valence-corrected chi connectivity index (χ1v) is 8.12. The van der Waals surface area contributed by atoms with Crippen LogP contribution in [0, 0.1) is 10.1 Å². The molecule has 0 saturated carbocycles. The highest BCUT2D eigenvalue weighted by atomic mass is 79.9. The van der Waals surface area contributed by atoms with Gasteiger partial charge in [0.05, 0.1) is 10.6 Å². The van der Waals surface area contributed by atoms with Crippen LogP contribution in [0.3, 0.4) is 0 Å². The summed E-state index contributed by atoms with van der Waals surface area (Å²) in [6, 6.07) is 11.8. The summed E-state index contributed by atoms with van der Waals surface area (Å²) >= 11 is 3.17. The Morgan fingerprint density at radius 1 is 1.19 bits per heavy atom. The second-order valence-corrected chi connectivity index (χ2v) is 6.07. The van der Waals surface area contributed by atoms with Crippen molar-refractivity contribution in [1.29, 1.82) is 0 Å². The van der Waals surface area contributed by atoms with Crippen LogP contribution in [0.4, 0.5) is 11.4 Å². The van der Waals surface area contributed by atoms with E-state index in [9.17, 15) is 19.7 Å². The number of benzene rings is 2. The Hall–Kier alpha value is -3.20. The second kappa shape index (κ2) is 7.36. The third-order valence-corrected chi connectivity index (χ3v) is 4.06. The van der Waals surface area contributed by atoms with E-state index in [0.29, 0.717) is 21.5 Å². The van der Waals surface area contributed by atoms with E-state index in [2.05, 4.69) is 21.2 Å². The van der Waals surface area contributed by atoms with Gasteiger partial charge in [-0.25, -0.2) is 4.79 Å². The SMILES string of the molecule is O=C(COc1ccc2ccc(=O)oc2c1)Nc1ccc([N+](=O)[O-])cc1Br. The van der Waals surface area contributed by atoms with Gasteiger partial charge in [-0.2, -0.15) is 0 Å². The van der Waals surface area contributed by atoms with E-state index in [-0.39, 0.29) is 12.3 Å². The van der Waals surface area contributed by atoms with Crippen molar-refractivity contribution in [1.82, 2.24) is 0 Å². The lowest BCUT2D eigenvalue weighted by Gasteiger charge is -2.09. The first kappa shape index (κ1) is 17.6. The molecule has 0 fully saturated rings. The Kier molecular flexibility index (Phi) is 4.99. The van der Waals surface area contributed by atoms with E-state index in [0.717, 1.165) is 5.39 Å². The Morgan fingerprint density at radius 2 is 1.96 bits per heavy atom. The fraction of sp³-hybridized carbons (Fsp3) is 0.0588. The minimum Gasteiger partial charge on any atom is -0.484 e. The van der Waals surface area contributed by atoms with Crippen LogP contribution in [0.1, 0.15) is 0 Å². The maximum atomic E-state index is 12.0. The minimum absolute atomic E-state index is 0.0937. The molecule has 9 heteroatoms. The molecular weight excluding hydrogens is 408 g/mol. The molecule has 0 aliphatic rings. The molecule has 3 rings (SSSR count). The lowest BCUT2D eigenvalue weighted by molar-refractivity contribution is -0.384. The number of amides is 1. The molecule has 0 saturated heterocycles. The summed E-state index contributed by atoms with van der Waals surface area (Å²) in [5.74, 6) is -0.0843. The Labute approximate surface area is 154 Å². The van der Waals surface area contributed by atoms with Gasteiger partial charge in [0.1, 0.15) is 11.3 Å². The number of fused-ring (bicyclic) bond motifs is 1. The molecule has 0 radical (unpaired) electrons. The van der Waals surface area contributed by atoms with Crippen molar-refractivity contribution in [3.63, 3.8) is 0 Å². The number of rotatable bonds is 5. The maximum absolute atomic E-state index is 12.0. The van der Waals surface area contributed by atoms with Crippen molar-refractivity contribution in [3.8, 4) is 5.75 Å². The van der Waals surface area contributed by atoms with Gasteiger partial charge >= 0.3 is 5.63 Å². The van der Waals surface area contributed by atoms with E-state index in [1.165, 1.54) is 30.3 Å². The number of hydrogen-bond acceptors (Lipinski definition) is 6. The van der Waals surface area contributed by atoms with Gasteiger partial charge in [0.25, 0.3) is 11.6 Å². The number of halogens is 1. The molecule has 0 spiro atoms. The van der Waals surface area contributed by atoms with Crippen LogP contribution in [0.2, 0.25) is 0 Å². The summed E-state index contributed by atoms with van der Waals surface area (Å²) < 4.78 is 10.8. The third kappa shape index (κ3) is 4.06. The predicted octanol–water partition coefficient (Wildman–Crippen LogP) is 3.48. The monoisotopic (exact) mass is 418 g/mol. The molecule has 0 bridgehead atoms. The highest BCUT2D eigenvalue weighted by Crippen LogP contribution is 2.27. The molecule has 132 valence electrons. The number of hydrogen-bond donors (Lipinski definition) is 1. The predicted molar refractivity (Wildman–Crippen MR) is 97.4 cm³/mol. The van der Waals surface area contributed by atoms with E-state index in [1.807, 2.05) is 0 Å². The van der Waals surface area contributed by atoms with Crippen LogP contribution in [0.5, 0.6) is 5.75 Å². The molecule has 1 heterocycles. The molecule has 0 aliphatic heterocycles. The zero-order valence-corrected chi connectivity index (χ0v) is 14.7. The Bertz CT molecular complexity index is 1060. The minimum atomic E-state index is -0.530. The lowest BCUT2D eigenvalue weighted by Crippen LogP contribution is -2.20. The summed E-state index contributed by atoms with van der Waals surface area (Å²) in [5.41, 5.74) is 0.168. The van der Waals surface area contributed by atoms with Crippen LogP contribution in [-0.2, 0) is 4.79 Å². The summed E-state index contributed by atoms with van der Waals surface area (Å²) in [6.45, 7) is -0.286. The molecule has 0 unspecified atom stereocenters. The average Bonchev–Trinajstić information content (AvgIpc) is 2.61. The summed E-state index contributed by atoms with van der Waals surface area (Å²) in [5, 5.41) is 14.0. The number of nitrogens with one attached hydrogen (secondary N) is 1. The summed E-state index contributed by atoms with van der Waals surface area (Å²) in [6.07, 6.45) is 0. The standard InChI is InChI=1S/C17H11BrN2O6/c18-13-7-11(20(23)24)3-5-14(13)19-16(21)9-25-12-4-1-10-2-6-17(22)26-15(10)8-12/h1-8H,9H2,(H,19,21). The summed E-state index contributed by atoms with van der Waals surface area (Å²) in [7, 11) is 0. The normalized spacial score (nSPS) is 10.5. The van der Waals surface area contributed by atoms with Gasteiger partial charge in [0, 0.05) is 34.1 Å². The van der Waals surface area contributed by atoms with Crippen molar-refractivity contribution >= 4 is 44.2 Å². The van der Waals surface area contributed by atoms with Crippen LogP contribution in [-0.4, -0.2) is 17.4 Å². The number of nitrogens with zero attached hydrogens (tertiary/aromatic N) is 1. The molecule has 8 nitrogen and oxygen atoms in total. The largest absolute Gasteiger partial charge is 0.484 e. The highest BCUT2D eigenvalue weighted by molar-refractivity contribution is 9.10. The van der Waals surface area contributed by atoms with Gasteiger partial charge < -0.3 is 14.5 Å². The Morgan fingerprint density at radius 3 is 2.69 bits per heavy atom. The van der Waals surface area contributed by atoms with Crippen LogP contribution in [0.25, 0.3) is 11.0 Å². The van der Waals surface area contributed by atoms with Crippen molar-refractivity contribution in [2.75, 3.05) is 11.9 Å². The van der Waals surface area contributed by atoms with Gasteiger partial charge in [0.15, 0.2) is 6.61 Å². The molecule has 0 aliphatic carbocycles. The first-order valence-electron chi connectivity index (χ1n) is 7.33. The molecule has 3 aromatic rings. The fourth-order valence-corrected chi connectivity index (χ4v) is 2.65. The Balaban J connectivity index is 1.65. The lowest BCUT2D eigenvalue weighted by atomic mass is 10.2. The van der Waals surface area contributed by atoms with E-state index < -0.39 is 16.5 Å². The van der Waals surface area contributed by atoms with Crippen molar-refractivity contribution in [3.05, 3.63) is 73.5 Å². The van der Waals surface area contributed by atoms with Gasteiger partial charge in [0.2, 0.25) is 0 Å². The van der Waals surface area contributed by atoms with Gasteiger partial charge in [-0.05, 0) is 40.2 Å². The molecule has 1 N–H and O–H groups in total. The van der Waals surface area contributed by atoms with Gasteiger partial charge in [-0.15, -0.1) is 0 Å². The number of anilines is 1. The molecule has 1 amide bonds. The highest BCUT2D eigenvalue weighted by Gasteiger charge is 2.12. The quantitative estimate of drug-likeness (QED) is 0.385. The van der Waals surface area contributed by atoms with E-state index in [1.54, 1.807) is 18.2 Å². The fourth-order valence-electron chi connectivity index (χ4n) is 2.18. The van der Waals surface area contributed by atoms with E-state index in [4.69, 9.17) is 9.15 Å². The van der Waals surface area contributed by atoms with Crippen LogP contribution < -0.4 is 15.7 Å². The molecule has 1 aromatic heterocycles. The smallest absolute Gasteiger partial charge is 0.336 e. The molecule has 0 atom stereocenters. The molecule has 2 aromatic carbocycles. The molecular formula is C17H11BrN2O6. The topological polar surface area (TPSA) is 112 Å². The number of carbonyl (C=O) groups is 1. The van der Waals surface area contributed by atoms with Crippen molar-refractivity contribution in [2.24, 2.45) is 0 Å². The zero-order chi connectivity index (χ0) is 18.7. The second-order valence-electron chi connectivity index (χ2n) is 5.21. The number of ether oxygens (including phenoxy) is 1. The number of nitro groups is 1. The van der Waals surface area contributed by atoms with E-state index >= 15 is 0 Å². The van der Waals surface area contributed by atoms with Gasteiger partial charge in [-0.3, -0.25) is 14.9 Å². The maximum Gasteiger partial charge on any atom is 0.336 e. The van der Waals surface area contributed by atoms with Crippen LogP contribution >= 0.6 is 15.9 Å². The zero-order valence-electron chi connectivity index (χ0n) is 13.1. The van der Waals surface area contributed by atoms with Crippen molar-refractivity contribution < 1.29 is 18.9 Å². The molecule has 26 heavy (non-hydrogen) atoms. The summed E-state index contributed by atoms with van der Waals surface area (Å²) in [4.78, 5) is 33.4. The van der Waals surface area contributed by atoms with Gasteiger partial charge in [-0.1, -0.05) is 0 Å². The average molecular weight is 419 g/mol. The van der Waals surface area contributed by atoms with Crippen molar-refractivity contribution in [2.45, 2.75) is 0 Å². The number of nitro benzene ring substituents is 1. The van der Waals surface area contributed by atoms with Crippen LogP contribution in [0.15, 0.2) is 62.2 Å². The number of carbonyl (C=O) groups excluding carboxylic acids is 1. The first-order chi connectivity index (χ1) is 12.4. The number of non-ortho nitro benzene ring substituents is 1.